The van der Waals surface area contributed by atoms with E-state index in [4.69, 9.17) is 4.74 Å². The smallest absolute Gasteiger partial charge is 0.303 e. The first kappa shape index (κ1) is 25.2. The zero-order chi connectivity index (χ0) is 26.8. The van der Waals surface area contributed by atoms with Crippen LogP contribution in [-0.4, -0.2) is 29.9 Å². The van der Waals surface area contributed by atoms with Gasteiger partial charge in [-0.2, -0.15) is 0 Å². The van der Waals surface area contributed by atoms with E-state index in [1.54, 1.807) is 48.4 Å². The van der Waals surface area contributed by atoms with E-state index < -0.39 is 23.8 Å². The van der Waals surface area contributed by atoms with Crippen LogP contribution in [0.3, 0.4) is 0 Å². The number of carbonyl (C=O) groups excluding carboxylic acids is 2. The Bertz CT molecular complexity index is 1420. The molecule has 0 fully saturated rings. The summed E-state index contributed by atoms with van der Waals surface area (Å²) in [6.45, 7) is 0. The molecule has 5 rings (SSSR count). The molecule has 1 aliphatic carbocycles. The highest BCUT2D eigenvalue weighted by atomic mass is 19.1. The predicted molar refractivity (Wildman–Crippen MR) is 140 cm³/mol. The normalized spacial score (nSPS) is 20.4. The maximum Gasteiger partial charge on any atom is 0.303 e. The van der Waals surface area contributed by atoms with Gasteiger partial charge in [0.2, 0.25) is 5.91 Å². The summed E-state index contributed by atoms with van der Waals surface area (Å²) in [6, 6.07) is 19.9. The van der Waals surface area contributed by atoms with Crippen LogP contribution < -0.4 is 15.0 Å². The number of amides is 1. The summed E-state index contributed by atoms with van der Waals surface area (Å²) < 4.78 is 19.3. The van der Waals surface area contributed by atoms with Crippen LogP contribution in [-0.2, 0) is 14.4 Å². The van der Waals surface area contributed by atoms with E-state index in [9.17, 15) is 23.9 Å². The van der Waals surface area contributed by atoms with Crippen LogP contribution in [0.2, 0.25) is 0 Å². The Hall–Kier alpha value is -4.46. The zero-order valence-corrected chi connectivity index (χ0v) is 20.8. The van der Waals surface area contributed by atoms with Crippen molar-refractivity contribution in [1.82, 2.24) is 0 Å². The Morgan fingerprint density at radius 3 is 2.50 bits per heavy atom. The molecule has 0 saturated carbocycles. The molecule has 0 saturated heterocycles. The number of allylic oxidation sites excluding steroid dienone is 1. The molecule has 3 aromatic rings. The minimum Gasteiger partial charge on any atom is -0.497 e. The van der Waals surface area contributed by atoms with Crippen molar-refractivity contribution in [3.05, 3.63) is 102 Å². The molecule has 38 heavy (non-hydrogen) atoms. The monoisotopic (exact) mass is 514 g/mol. The van der Waals surface area contributed by atoms with Crippen molar-refractivity contribution in [2.45, 2.75) is 31.2 Å². The van der Waals surface area contributed by atoms with E-state index in [0.29, 0.717) is 33.9 Å². The maximum absolute atomic E-state index is 14.0. The number of hydrogen-bond donors (Lipinski definition) is 2. The molecular formula is C30H27FN2O5. The summed E-state index contributed by atoms with van der Waals surface area (Å²) >= 11 is 0. The lowest BCUT2D eigenvalue weighted by Crippen LogP contribution is -2.42. The number of nitrogens with one attached hydrogen (secondary N) is 1. The van der Waals surface area contributed by atoms with Gasteiger partial charge in [-0.25, -0.2) is 4.39 Å². The third-order valence-electron chi connectivity index (χ3n) is 7.08. The highest BCUT2D eigenvalue weighted by molar-refractivity contribution is 6.02. The van der Waals surface area contributed by atoms with Crippen LogP contribution in [0, 0.1) is 11.7 Å². The van der Waals surface area contributed by atoms with E-state index in [2.05, 4.69) is 5.32 Å². The number of para-hydroxylation sites is 2. The molecule has 2 aliphatic rings. The van der Waals surface area contributed by atoms with Crippen LogP contribution in [0.25, 0.3) is 0 Å². The number of benzene rings is 3. The Labute approximate surface area is 219 Å². The van der Waals surface area contributed by atoms with E-state index >= 15 is 0 Å². The molecule has 1 amide bonds. The summed E-state index contributed by atoms with van der Waals surface area (Å²) in [5.41, 5.74) is 3.20. The number of carboxylic acid groups (broad SMARTS) is 1. The van der Waals surface area contributed by atoms with E-state index in [1.165, 1.54) is 12.1 Å². The number of rotatable bonds is 6. The quantitative estimate of drug-likeness (QED) is 0.454. The predicted octanol–water partition coefficient (Wildman–Crippen LogP) is 5.46. The summed E-state index contributed by atoms with van der Waals surface area (Å²) in [7, 11) is 1.56. The molecule has 2 N–H and O–H groups in total. The minimum absolute atomic E-state index is 0.103. The molecule has 1 heterocycles. The van der Waals surface area contributed by atoms with Gasteiger partial charge < -0.3 is 20.1 Å². The molecule has 0 radical (unpaired) electrons. The molecule has 0 bridgehead atoms. The highest BCUT2D eigenvalue weighted by Gasteiger charge is 2.45. The van der Waals surface area contributed by atoms with Crippen molar-refractivity contribution in [3.63, 3.8) is 0 Å². The number of ether oxygens (including phenoxy) is 1. The lowest BCUT2D eigenvalue weighted by Gasteiger charge is -2.37. The van der Waals surface area contributed by atoms with E-state index in [-0.39, 0.29) is 36.8 Å². The van der Waals surface area contributed by atoms with Gasteiger partial charge in [0.05, 0.1) is 36.9 Å². The second-order valence-corrected chi connectivity index (χ2v) is 9.45. The van der Waals surface area contributed by atoms with Crippen molar-refractivity contribution in [3.8, 4) is 5.75 Å². The van der Waals surface area contributed by atoms with Crippen molar-refractivity contribution in [2.24, 2.45) is 5.92 Å². The van der Waals surface area contributed by atoms with Gasteiger partial charge in [-0.1, -0.05) is 42.5 Å². The van der Waals surface area contributed by atoms with Crippen LogP contribution >= 0.6 is 0 Å². The molecule has 7 nitrogen and oxygen atoms in total. The third kappa shape index (κ3) is 4.89. The Morgan fingerprint density at radius 1 is 1.03 bits per heavy atom. The van der Waals surface area contributed by atoms with Crippen LogP contribution in [0.1, 0.15) is 42.3 Å². The summed E-state index contributed by atoms with van der Waals surface area (Å²) in [5.74, 6) is -2.41. The first-order chi connectivity index (χ1) is 18.4. The SMILES string of the molecule is COc1ccc(C2C3C(=O)CC(c4cccc(F)c4)C=C3Nc3ccccc3N2C(=O)CCC(=O)O)cc1. The van der Waals surface area contributed by atoms with Gasteiger partial charge in [0, 0.05) is 24.5 Å². The van der Waals surface area contributed by atoms with Gasteiger partial charge in [0.25, 0.3) is 0 Å². The van der Waals surface area contributed by atoms with Crippen molar-refractivity contribution < 1.29 is 28.6 Å². The van der Waals surface area contributed by atoms with Gasteiger partial charge in [0.15, 0.2) is 0 Å². The topological polar surface area (TPSA) is 95.9 Å². The van der Waals surface area contributed by atoms with Gasteiger partial charge in [-0.05, 0) is 47.5 Å². The Kier molecular flexibility index (Phi) is 6.96. The fourth-order valence-corrected chi connectivity index (χ4v) is 5.32. The summed E-state index contributed by atoms with van der Waals surface area (Å²) in [4.78, 5) is 40.4. The molecule has 3 aromatic carbocycles. The maximum atomic E-state index is 14.0. The molecule has 194 valence electrons. The van der Waals surface area contributed by atoms with Crippen LogP contribution in [0.4, 0.5) is 15.8 Å². The third-order valence-corrected chi connectivity index (χ3v) is 7.08. The Balaban J connectivity index is 1.68. The number of nitrogens with zero attached hydrogens (tertiary/aromatic N) is 1. The van der Waals surface area contributed by atoms with E-state index in [1.807, 2.05) is 30.3 Å². The first-order valence-electron chi connectivity index (χ1n) is 12.4. The highest BCUT2D eigenvalue weighted by Crippen LogP contribution is 2.48. The number of anilines is 2. The zero-order valence-electron chi connectivity index (χ0n) is 20.8. The second kappa shape index (κ2) is 10.5. The lowest BCUT2D eigenvalue weighted by molar-refractivity contribution is -0.138. The Morgan fingerprint density at radius 2 is 1.79 bits per heavy atom. The van der Waals surface area contributed by atoms with Gasteiger partial charge in [-0.3, -0.25) is 14.4 Å². The number of ketones is 1. The van der Waals surface area contributed by atoms with Crippen molar-refractivity contribution in [2.75, 3.05) is 17.3 Å². The number of Topliss-reactive ketones (excluding diaryl/α,β-unsaturated/α-hetero) is 1. The van der Waals surface area contributed by atoms with Crippen molar-refractivity contribution in [1.29, 1.82) is 0 Å². The fraction of sp³-hybridized carbons (Fsp3) is 0.233. The van der Waals surface area contributed by atoms with Gasteiger partial charge in [-0.15, -0.1) is 0 Å². The average molecular weight is 515 g/mol. The summed E-state index contributed by atoms with van der Waals surface area (Å²) in [5, 5.41) is 12.6. The molecule has 3 unspecified atom stereocenters. The number of carbonyl (C=O) groups is 3. The molecule has 8 heteroatoms. The van der Waals surface area contributed by atoms with Gasteiger partial charge in [0.1, 0.15) is 17.3 Å². The largest absolute Gasteiger partial charge is 0.497 e. The number of hydrogen-bond acceptors (Lipinski definition) is 5. The molecule has 3 atom stereocenters. The van der Waals surface area contributed by atoms with E-state index in [0.717, 1.165) is 0 Å². The first-order valence-corrected chi connectivity index (χ1v) is 12.4. The van der Waals surface area contributed by atoms with Crippen LogP contribution in [0.15, 0.2) is 84.6 Å². The fourth-order valence-electron chi connectivity index (χ4n) is 5.32. The molecule has 1 aliphatic heterocycles. The van der Waals surface area contributed by atoms with Crippen LogP contribution in [0.5, 0.6) is 5.75 Å². The van der Waals surface area contributed by atoms with Crippen molar-refractivity contribution >= 4 is 29.0 Å². The molecular weight excluding hydrogens is 487 g/mol. The number of halogens is 1. The lowest BCUT2D eigenvalue weighted by atomic mass is 9.76. The average Bonchev–Trinajstić information content (AvgIpc) is 3.06. The second-order valence-electron chi connectivity index (χ2n) is 9.45. The standard InChI is InChI=1S/C30H27FN2O5/c1-38-22-11-9-18(10-12-22)30-29-24(16-20(17-26(29)34)19-5-4-6-21(31)15-19)32-23-7-2-3-8-25(23)33(30)27(35)13-14-28(36)37/h2-12,15-16,20,29-30,32H,13-14,17H2,1H3,(H,36,37). The summed E-state index contributed by atoms with van der Waals surface area (Å²) in [6.07, 6.45) is 1.53. The molecule has 0 aromatic heterocycles. The molecule has 0 spiro atoms. The number of methoxy groups -OCH3 is 1. The van der Waals surface area contributed by atoms with Gasteiger partial charge >= 0.3 is 5.97 Å². The number of aliphatic carboxylic acids is 1. The minimum atomic E-state index is -1.08. The number of carboxylic acids is 1. The number of fused-ring (bicyclic) bond motifs is 2.